The molecule has 3 rings (SSSR count). The molecule has 0 aliphatic rings. The summed E-state index contributed by atoms with van der Waals surface area (Å²) in [5.41, 5.74) is 1.88. The van der Waals surface area contributed by atoms with E-state index in [1.165, 1.54) is 24.3 Å². The van der Waals surface area contributed by atoms with Crippen LogP contribution in [0.2, 0.25) is 0 Å². The van der Waals surface area contributed by atoms with E-state index in [-0.39, 0.29) is 11.7 Å². The third-order valence-electron chi connectivity index (χ3n) is 4.43. The number of halogens is 1. The van der Waals surface area contributed by atoms with Crippen molar-refractivity contribution in [2.75, 3.05) is 28.6 Å². The van der Waals surface area contributed by atoms with Gasteiger partial charge in [-0.2, -0.15) is 0 Å². The van der Waals surface area contributed by atoms with Crippen LogP contribution in [0.1, 0.15) is 30.0 Å². The number of nitrogens with zero attached hydrogens (tertiary/aromatic N) is 3. The van der Waals surface area contributed by atoms with Crippen LogP contribution in [0.4, 0.5) is 27.4 Å². The van der Waals surface area contributed by atoms with Crippen LogP contribution >= 0.6 is 0 Å². The van der Waals surface area contributed by atoms with Gasteiger partial charge in [0.15, 0.2) is 0 Å². The summed E-state index contributed by atoms with van der Waals surface area (Å²) in [6.45, 7) is 7.79. The van der Waals surface area contributed by atoms with Gasteiger partial charge in [0.25, 0.3) is 5.91 Å². The molecule has 2 N–H and O–H groups in total. The Hall–Kier alpha value is -3.48. The molecule has 0 fully saturated rings. The number of hydrogen-bond donors (Lipinski definition) is 2. The second-order valence-electron chi connectivity index (χ2n) is 6.49. The largest absolute Gasteiger partial charge is 0.357 e. The van der Waals surface area contributed by atoms with Crippen LogP contribution in [0.15, 0.2) is 54.6 Å². The van der Waals surface area contributed by atoms with E-state index in [0.717, 1.165) is 24.6 Å². The molecule has 0 aliphatic carbocycles. The minimum Gasteiger partial charge on any atom is -0.357 e. The summed E-state index contributed by atoms with van der Waals surface area (Å²) in [5.74, 6) is 1.62. The Morgan fingerprint density at radius 3 is 2.21 bits per heavy atom. The lowest BCUT2D eigenvalue weighted by atomic mass is 10.2. The van der Waals surface area contributed by atoms with Crippen LogP contribution < -0.4 is 15.5 Å². The van der Waals surface area contributed by atoms with Gasteiger partial charge in [0.05, 0.1) is 0 Å². The van der Waals surface area contributed by atoms with Gasteiger partial charge in [0.2, 0.25) is 0 Å². The number of aromatic nitrogens is 2. The van der Waals surface area contributed by atoms with Crippen molar-refractivity contribution >= 4 is 28.9 Å². The van der Waals surface area contributed by atoms with Crippen LogP contribution in [0.5, 0.6) is 0 Å². The predicted octanol–water partition coefficient (Wildman–Crippen LogP) is 4.77. The predicted molar refractivity (Wildman–Crippen MR) is 114 cm³/mol. The lowest BCUT2D eigenvalue weighted by Crippen LogP contribution is -2.23. The van der Waals surface area contributed by atoms with Gasteiger partial charge in [-0.3, -0.25) is 4.79 Å². The van der Waals surface area contributed by atoms with Crippen molar-refractivity contribution in [3.63, 3.8) is 0 Å². The second-order valence-corrected chi connectivity index (χ2v) is 6.49. The highest BCUT2D eigenvalue weighted by Crippen LogP contribution is 2.21. The summed E-state index contributed by atoms with van der Waals surface area (Å²) in [6, 6.07) is 14.6. The smallest absolute Gasteiger partial charge is 0.255 e. The SMILES string of the molecule is CCN(CC)c1cc(Nc2ccc(NC(=O)c3ccc(F)cc3)cc2)nc(C)n1. The van der Waals surface area contributed by atoms with Crippen molar-refractivity contribution in [2.45, 2.75) is 20.8 Å². The maximum Gasteiger partial charge on any atom is 0.255 e. The molecule has 7 heteroatoms. The summed E-state index contributed by atoms with van der Waals surface area (Å²) in [7, 11) is 0. The quantitative estimate of drug-likeness (QED) is 0.605. The number of hydrogen-bond acceptors (Lipinski definition) is 5. The van der Waals surface area contributed by atoms with Gasteiger partial charge in [-0.05, 0) is 69.3 Å². The van der Waals surface area contributed by atoms with Crippen LogP contribution in [0.25, 0.3) is 0 Å². The number of anilines is 4. The van der Waals surface area contributed by atoms with Gasteiger partial charge in [-0.15, -0.1) is 0 Å². The van der Waals surface area contributed by atoms with E-state index in [0.29, 0.717) is 22.9 Å². The molecule has 1 amide bonds. The minimum atomic E-state index is -0.374. The molecule has 0 spiro atoms. The van der Waals surface area contributed by atoms with Gasteiger partial charge in [0.1, 0.15) is 23.3 Å². The first-order valence-corrected chi connectivity index (χ1v) is 9.53. The topological polar surface area (TPSA) is 70.2 Å². The normalized spacial score (nSPS) is 10.5. The Labute approximate surface area is 169 Å². The Bertz CT molecular complexity index is 969. The van der Waals surface area contributed by atoms with Gasteiger partial charge < -0.3 is 15.5 Å². The lowest BCUT2D eigenvalue weighted by Gasteiger charge is -2.20. The molecule has 1 heterocycles. The van der Waals surface area contributed by atoms with Crippen molar-refractivity contribution in [3.05, 3.63) is 71.8 Å². The summed E-state index contributed by atoms with van der Waals surface area (Å²) in [5, 5.41) is 6.07. The van der Waals surface area contributed by atoms with Crippen molar-refractivity contribution in [1.82, 2.24) is 9.97 Å². The number of carbonyl (C=O) groups is 1. The molecule has 0 radical (unpaired) electrons. The standard InChI is InChI=1S/C22H24FN5O/c1-4-28(5-2)21-14-20(24-15(3)25-21)26-18-10-12-19(13-11-18)27-22(29)16-6-8-17(23)9-7-16/h6-14H,4-5H2,1-3H3,(H,27,29)(H,24,25,26). The Morgan fingerprint density at radius 2 is 1.59 bits per heavy atom. The number of rotatable bonds is 7. The zero-order chi connectivity index (χ0) is 20.8. The molecule has 29 heavy (non-hydrogen) atoms. The lowest BCUT2D eigenvalue weighted by molar-refractivity contribution is 0.102. The van der Waals surface area contributed by atoms with Crippen molar-refractivity contribution in [1.29, 1.82) is 0 Å². The van der Waals surface area contributed by atoms with E-state index in [1.807, 2.05) is 25.1 Å². The molecule has 0 atom stereocenters. The van der Waals surface area contributed by atoms with E-state index >= 15 is 0 Å². The fraction of sp³-hybridized carbons (Fsp3) is 0.227. The van der Waals surface area contributed by atoms with Crippen LogP contribution in [0.3, 0.4) is 0 Å². The third-order valence-corrected chi connectivity index (χ3v) is 4.43. The third kappa shape index (κ3) is 5.28. The molecule has 0 saturated carbocycles. The van der Waals surface area contributed by atoms with E-state index in [9.17, 15) is 9.18 Å². The first-order chi connectivity index (χ1) is 14.0. The van der Waals surface area contributed by atoms with Crippen LogP contribution in [0, 0.1) is 12.7 Å². The number of amides is 1. The van der Waals surface area contributed by atoms with Crippen molar-refractivity contribution < 1.29 is 9.18 Å². The van der Waals surface area contributed by atoms with Crippen LogP contribution in [-0.2, 0) is 0 Å². The molecular formula is C22H24FN5O. The Balaban J connectivity index is 1.69. The summed E-state index contributed by atoms with van der Waals surface area (Å²) < 4.78 is 13.0. The number of benzene rings is 2. The highest BCUT2D eigenvalue weighted by atomic mass is 19.1. The van der Waals surface area contributed by atoms with E-state index in [2.05, 4.69) is 39.3 Å². The molecule has 1 aromatic heterocycles. The average Bonchev–Trinajstić information content (AvgIpc) is 2.70. The van der Waals surface area contributed by atoms with Crippen LogP contribution in [-0.4, -0.2) is 29.0 Å². The van der Waals surface area contributed by atoms with Gasteiger partial charge in [0, 0.05) is 36.1 Å². The Kier molecular flexibility index (Phi) is 6.39. The molecular weight excluding hydrogens is 369 g/mol. The molecule has 3 aromatic rings. The fourth-order valence-corrected chi connectivity index (χ4v) is 2.91. The number of aryl methyl sites for hydroxylation is 1. The summed E-state index contributed by atoms with van der Waals surface area (Å²) in [4.78, 5) is 23.3. The molecule has 2 aromatic carbocycles. The average molecular weight is 393 g/mol. The number of nitrogens with one attached hydrogen (secondary N) is 2. The molecule has 0 unspecified atom stereocenters. The summed E-state index contributed by atoms with van der Waals surface area (Å²) >= 11 is 0. The van der Waals surface area contributed by atoms with Crippen molar-refractivity contribution in [3.8, 4) is 0 Å². The minimum absolute atomic E-state index is 0.291. The zero-order valence-electron chi connectivity index (χ0n) is 16.7. The monoisotopic (exact) mass is 393 g/mol. The Morgan fingerprint density at radius 1 is 0.966 bits per heavy atom. The fourth-order valence-electron chi connectivity index (χ4n) is 2.91. The first kappa shape index (κ1) is 20.3. The molecule has 6 nitrogen and oxygen atoms in total. The zero-order valence-corrected chi connectivity index (χ0v) is 16.7. The van der Waals surface area contributed by atoms with Crippen molar-refractivity contribution in [2.24, 2.45) is 0 Å². The highest BCUT2D eigenvalue weighted by molar-refractivity contribution is 6.04. The number of carbonyl (C=O) groups excluding carboxylic acids is 1. The van der Waals surface area contributed by atoms with E-state index in [1.54, 1.807) is 12.1 Å². The van der Waals surface area contributed by atoms with Gasteiger partial charge >= 0.3 is 0 Å². The molecule has 0 bridgehead atoms. The van der Waals surface area contributed by atoms with E-state index < -0.39 is 0 Å². The molecule has 150 valence electrons. The van der Waals surface area contributed by atoms with Gasteiger partial charge in [-0.1, -0.05) is 0 Å². The highest BCUT2D eigenvalue weighted by Gasteiger charge is 2.09. The second kappa shape index (κ2) is 9.14. The maximum absolute atomic E-state index is 13.0. The van der Waals surface area contributed by atoms with E-state index in [4.69, 9.17) is 0 Å². The van der Waals surface area contributed by atoms with Gasteiger partial charge in [-0.25, -0.2) is 14.4 Å². The molecule has 0 aliphatic heterocycles. The summed E-state index contributed by atoms with van der Waals surface area (Å²) in [6.07, 6.45) is 0. The maximum atomic E-state index is 13.0. The molecule has 0 saturated heterocycles. The first-order valence-electron chi connectivity index (χ1n) is 9.53.